The van der Waals surface area contributed by atoms with Crippen molar-refractivity contribution in [2.75, 3.05) is 26.2 Å². The first-order valence-electron chi connectivity index (χ1n) is 7.66. The fourth-order valence-corrected chi connectivity index (χ4v) is 2.85. The number of nitriles is 1. The van der Waals surface area contributed by atoms with E-state index in [4.69, 9.17) is 11.0 Å². The van der Waals surface area contributed by atoms with Crippen molar-refractivity contribution in [2.45, 2.75) is 38.1 Å². The smallest absolute Gasteiger partial charge is 0.247 e. The number of hydrogen-bond acceptors (Lipinski definition) is 4. The van der Waals surface area contributed by atoms with Crippen molar-refractivity contribution in [3.8, 4) is 6.19 Å². The molecule has 2 aliphatic heterocycles. The van der Waals surface area contributed by atoms with Crippen molar-refractivity contribution in [1.82, 2.24) is 15.1 Å². The minimum Gasteiger partial charge on any atom is -0.369 e. The Balaban J connectivity index is 2.00. The van der Waals surface area contributed by atoms with E-state index in [2.05, 4.69) is 10.3 Å². The van der Waals surface area contributed by atoms with Gasteiger partial charge < -0.3 is 15.5 Å². The summed E-state index contributed by atoms with van der Waals surface area (Å²) in [6.45, 7) is 2.23. The maximum atomic E-state index is 12.5. The van der Waals surface area contributed by atoms with Crippen LogP contribution in [0.2, 0.25) is 0 Å². The third-order valence-corrected chi connectivity index (χ3v) is 4.02. The number of nitrogens with zero attached hydrogens (tertiary/aromatic N) is 4. The SMILES string of the molecule is N#CNC(N)=N[C@H]1CCCCN(CC(=O)N2CCCC2)C1=O. The fraction of sp³-hybridized carbons (Fsp3) is 0.714. The second kappa shape index (κ2) is 7.64. The molecule has 0 radical (unpaired) electrons. The Morgan fingerprint density at radius 1 is 1.32 bits per heavy atom. The quantitative estimate of drug-likeness (QED) is 0.312. The monoisotopic (exact) mass is 306 g/mol. The fourth-order valence-electron chi connectivity index (χ4n) is 2.85. The molecule has 0 aromatic rings. The number of carbonyl (C=O) groups excluding carboxylic acids is 2. The van der Waals surface area contributed by atoms with Gasteiger partial charge in [0.05, 0.1) is 6.54 Å². The lowest BCUT2D eigenvalue weighted by Gasteiger charge is -2.25. The second-order valence-electron chi connectivity index (χ2n) is 5.61. The number of aliphatic imine (C=N–C) groups is 1. The first kappa shape index (κ1) is 16.1. The largest absolute Gasteiger partial charge is 0.369 e. The molecule has 2 aliphatic rings. The minimum absolute atomic E-state index is 0.00130. The summed E-state index contributed by atoms with van der Waals surface area (Å²) in [5.41, 5.74) is 5.55. The van der Waals surface area contributed by atoms with E-state index in [1.54, 1.807) is 11.1 Å². The van der Waals surface area contributed by atoms with E-state index in [1.807, 2.05) is 4.90 Å². The number of guanidine groups is 1. The topological polar surface area (TPSA) is 115 Å². The van der Waals surface area contributed by atoms with E-state index >= 15 is 0 Å². The Morgan fingerprint density at radius 2 is 2.00 bits per heavy atom. The Hall–Kier alpha value is -2.30. The zero-order chi connectivity index (χ0) is 15.9. The lowest BCUT2D eigenvalue weighted by Crippen LogP contribution is -2.45. The number of likely N-dealkylation sites (tertiary alicyclic amines) is 2. The normalized spacial score (nSPS) is 23.1. The lowest BCUT2D eigenvalue weighted by atomic mass is 10.1. The number of nitrogens with two attached hydrogens (primary N) is 1. The van der Waals surface area contributed by atoms with Crippen molar-refractivity contribution >= 4 is 17.8 Å². The molecule has 120 valence electrons. The molecule has 2 rings (SSSR count). The maximum absolute atomic E-state index is 12.5. The molecule has 0 unspecified atom stereocenters. The van der Waals surface area contributed by atoms with Gasteiger partial charge in [0.25, 0.3) is 0 Å². The molecule has 1 atom stereocenters. The highest BCUT2D eigenvalue weighted by Gasteiger charge is 2.29. The maximum Gasteiger partial charge on any atom is 0.247 e. The van der Waals surface area contributed by atoms with Crippen LogP contribution in [0.4, 0.5) is 0 Å². The first-order valence-corrected chi connectivity index (χ1v) is 7.66. The molecule has 3 N–H and O–H groups in total. The molecule has 0 aromatic heterocycles. The summed E-state index contributed by atoms with van der Waals surface area (Å²) in [4.78, 5) is 32.2. The average Bonchev–Trinajstić information content (AvgIpc) is 2.97. The summed E-state index contributed by atoms with van der Waals surface area (Å²) >= 11 is 0. The molecular weight excluding hydrogens is 284 g/mol. The van der Waals surface area contributed by atoms with Crippen molar-refractivity contribution in [3.05, 3.63) is 0 Å². The molecule has 0 aromatic carbocycles. The zero-order valence-electron chi connectivity index (χ0n) is 12.6. The molecule has 8 nitrogen and oxygen atoms in total. The van der Waals surface area contributed by atoms with Gasteiger partial charge in [-0.15, -0.1) is 0 Å². The van der Waals surface area contributed by atoms with Gasteiger partial charge in [-0.25, -0.2) is 4.99 Å². The van der Waals surface area contributed by atoms with E-state index in [1.165, 1.54) is 0 Å². The number of carbonyl (C=O) groups is 2. The highest BCUT2D eigenvalue weighted by Crippen LogP contribution is 2.16. The Labute approximate surface area is 129 Å². The average molecular weight is 306 g/mol. The third kappa shape index (κ3) is 4.10. The van der Waals surface area contributed by atoms with E-state index in [9.17, 15) is 9.59 Å². The summed E-state index contributed by atoms with van der Waals surface area (Å²) in [6, 6.07) is -0.616. The molecule has 0 saturated carbocycles. The van der Waals surface area contributed by atoms with Crippen molar-refractivity contribution in [2.24, 2.45) is 10.7 Å². The van der Waals surface area contributed by atoms with E-state index in [0.717, 1.165) is 38.8 Å². The van der Waals surface area contributed by atoms with Gasteiger partial charge in [-0.2, -0.15) is 5.26 Å². The van der Waals surface area contributed by atoms with Gasteiger partial charge in [-0.1, -0.05) is 0 Å². The Kier molecular flexibility index (Phi) is 5.58. The second-order valence-corrected chi connectivity index (χ2v) is 5.61. The molecule has 0 spiro atoms. The van der Waals surface area contributed by atoms with Crippen molar-refractivity contribution < 1.29 is 9.59 Å². The van der Waals surface area contributed by atoms with E-state index in [0.29, 0.717) is 13.0 Å². The molecule has 2 amide bonds. The van der Waals surface area contributed by atoms with Crippen LogP contribution in [0.5, 0.6) is 0 Å². The van der Waals surface area contributed by atoms with Crippen LogP contribution in [0.1, 0.15) is 32.1 Å². The molecule has 2 fully saturated rings. The van der Waals surface area contributed by atoms with Gasteiger partial charge in [-0.3, -0.25) is 14.9 Å². The van der Waals surface area contributed by atoms with Crippen LogP contribution in [0.25, 0.3) is 0 Å². The van der Waals surface area contributed by atoms with Gasteiger partial charge in [0.2, 0.25) is 17.8 Å². The van der Waals surface area contributed by atoms with Gasteiger partial charge in [0.1, 0.15) is 6.04 Å². The van der Waals surface area contributed by atoms with Gasteiger partial charge >= 0.3 is 0 Å². The number of hydrogen-bond donors (Lipinski definition) is 2. The van der Waals surface area contributed by atoms with Crippen LogP contribution < -0.4 is 11.1 Å². The number of rotatable bonds is 3. The van der Waals surface area contributed by atoms with Gasteiger partial charge in [0, 0.05) is 19.6 Å². The van der Waals surface area contributed by atoms with Crippen LogP contribution in [0.15, 0.2) is 4.99 Å². The molecule has 0 bridgehead atoms. The third-order valence-electron chi connectivity index (χ3n) is 4.02. The highest BCUT2D eigenvalue weighted by atomic mass is 16.2. The molecule has 2 heterocycles. The van der Waals surface area contributed by atoms with Crippen molar-refractivity contribution in [1.29, 1.82) is 5.26 Å². The molecule has 2 saturated heterocycles. The molecular formula is C14H22N6O2. The standard InChI is InChI=1S/C14H22N6O2/c15-10-17-14(16)18-11-5-1-2-8-20(13(11)22)9-12(21)19-6-3-4-7-19/h11H,1-9H2,(H3,16,17,18)/t11-/m0/s1. The number of nitrogens with one attached hydrogen (secondary N) is 1. The molecule has 0 aliphatic carbocycles. The lowest BCUT2D eigenvalue weighted by molar-refractivity contribution is -0.140. The van der Waals surface area contributed by atoms with Crippen LogP contribution in [0, 0.1) is 11.5 Å². The highest BCUT2D eigenvalue weighted by molar-refractivity contribution is 5.90. The summed E-state index contributed by atoms with van der Waals surface area (Å²) in [5.74, 6) is -0.250. The van der Waals surface area contributed by atoms with Crippen LogP contribution in [0.3, 0.4) is 0 Å². The van der Waals surface area contributed by atoms with Crippen LogP contribution in [-0.2, 0) is 9.59 Å². The summed E-state index contributed by atoms with van der Waals surface area (Å²) in [6.07, 6.45) is 6.01. The number of amides is 2. The van der Waals surface area contributed by atoms with Crippen molar-refractivity contribution in [3.63, 3.8) is 0 Å². The molecule has 8 heteroatoms. The minimum atomic E-state index is -0.616. The first-order chi connectivity index (χ1) is 10.6. The van der Waals surface area contributed by atoms with Crippen LogP contribution >= 0.6 is 0 Å². The van der Waals surface area contributed by atoms with Crippen LogP contribution in [-0.4, -0.2) is 59.8 Å². The summed E-state index contributed by atoms with van der Waals surface area (Å²) < 4.78 is 0. The predicted molar refractivity (Wildman–Crippen MR) is 80.4 cm³/mol. The summed E-state index contributed by atoms with van der Waals surface area (Å²) in [5, 5.41) is 10.7. The summed E-state index contributed by atoms with van der Waals surface area (Å²) in [7, 11) is 0. The van der Waals surface area contributed by atoms with Gasteiger partial charge in [-0.05, 0) is 32.1 Å². The van der Waals surface area contributed by atoms with Gasteiger partial charge in [0.15, 0.2) is 6.19 Å². The van der Waals surface area contributed by atoms with E-state index in [-0.39, 0.29) is 24.3 Å². The predicted octanol–water partition coefficient (Wildman–Crippen LogP) is -0.625. The van der Waals surface area contributed by atoms with E-state index < -0.39 is 6.04 Å². The zero-order valence-corrected chi connectivity index (χ0v) is 12.6. The molecule has 22 heavy (non-hydrogen) atoms. The Morgan fingerprint density at radius 3 is 2.68 bits per heavy atom. The Bertz CT molecular complexity index is 492.